The van der Waals surface area contributed by atoms with Crippen LogP contribution in [0.2, 0.25) is 0 Å². The van der Waals surface area contributed by atoms with Gasteiger partial charge in [-0.3, -0.25) is 0 Å². The van der Waals surface area contributed by atoms with Crippen molar-refractivity contribution < 1.29 is 4.74 Å². The molecule has 0 amide bonds. The Hall–Kier alpha value is -2.10. The summed E-state index contributed by atoms with van der Waals surface area (Å²) in [5, 5.41) is 2.94. The Bertz CT molecular complexity index is 535. The molecule has 0 bridgehead atoms. The van der Waals surface area contributed by atoms with Gasteiger partial charge in [0.1, 0.15) is 5.75 Å². The minimum absolute atomic E-state index is 0.436. The fourth-order valence-corrected chi connectivity index (χ4v) is 1.72. The number of ether oxygens (including phenoxy) is 1. The molecule has 4 nitrogen and oxygen atoms in total. The second-order valence-corrected chi connectivity index (χ2v) is 4.36. The number of hydrogen-bond donors (Lipinski definition) is 1. The van der Waals surface area contributed by atoms with Gasteiger partial charge in [0, 0.05) is 18.8 Å². The van der Waals surface area contributed by atoms with Gasteiger partial charge >= 0.3 is 0 Å². The molecule has 0 unspecified atom stereocenters. The number of hydrogen-bond acceptors (Lipinski definition) is 4. The topological polar surface area (TPSA) is 47.0 Å². The van der Waals surface area contributed by atoms with Crippen molar-refractivity contribution in [3.63, 3.8) is 0 Å². The molecule has 1 fully saturated rings. The Morgan fingerprint density at radius 1 is 1.17 bits per heavy atom. The molecule has 1 aliphatic carbocycles. The first kappa shape index (κ1) is 11.0. The van der Waals surface area contributed by atoms with Crippen LogP contribution in [0.1, 0.15) is 12.8 Å². The van der Waals surface area contributed by atoms with Crippen molar-refractivity contribution in [1.82, 2.24) is 9.97 Å². The average Bonchev–Trinajstić information content (AvgIpc) is 3.24. The van der Waals surface area contributed by atoms with E-state index in [0.29, 0.717) is 12.1 Å². The van der Waals surface area contributed by atoms with Crippen molar-refractivity contribution in [1.29, 1.82) is 0 Å². The van der Waals surface area contributed by atoms with E-state index in [2.05, 4.69) is 15.3 Å². The number of nitrogens with one attached hydrogen (secondary N) is 1. The van der Waals surface area contributed by atoms with E-state index in [4.69, 9.17) is 4.74 Å². The summed E-state index contributed by atoms with van der Waals surface area (Å²) in [6.07, 6.45) is 4.55. The lowest BCUT2D eigenvalue weighted by Crippen LogP contribution is -1.97. The van der Waals surface area contributed by atoms with Crippen LogP contribution in [0, 0.1) is 0 Å². The van der Waals surface area contributed by atoms with Crippen LogP contribution in [0.5, 0.6) is 5.75 Å². The van der Waals surface area contributed by atoms with Gasteiger partial charge in [0.25, 0.3) is 0 Å². The fraction of sp³-hybridized carbons (Fsp3) is 0.286. The molecule has 0 spiro atoms. The normalized spacial score (nSPS) is 14.3. The van der Waals surface area contributed by atoms with E-state index in [1.165, 1.54) is 12.8 Å². The SMILES string of the molecule is CNc1nccc(-c2ccc(OC3CC3)cc2)n1. The standard InChI is InChI=1S/C14H15N3O/c1-15-14-16-9-8-13(17-14)10-2-4-11(5-3-10)18-12-6-7-12/h2-5,8-9,12H,6-7H2,1H3,(H,15,16,17). The first-order chi connectivity index (χ1) is 8.85. The summed E-state index contributed by atoms with van der Waals surface area (Å²) in [4.78, 5) is 8.50. The zero-order valence-corrected chi connectivity index (χ0v) is 10.3. The first-order valence-electron chi connectivity index (χ1n) is 6.13. The van der Waals surface area contributed by atoms with Crippen molar-refractivity contribution in [2.24, 2.45) is 0 Å². The Morgan fingerprint density at radius 2 is 1.94 bits per heavy atom. The van der Waals surface area contributed by atoms with Crippen LogP contribution in [0.4, 0.5) is 5.95 Å². The molecule has 0 aliphatic heterocycles. The second kappa shape index (κ2) is 4.64. The van der Waals surface area contributed by atoms with Gasteiger partial charge in [-0.05, 0) is 43.2 Å². The third-order valence-corrected chi connectivity index (χ3v) is 2.86. The van der Waals surface area contributed by atoms with Crippen LogP contribution in [0.25, 0.3) is 11.3 Å². The number of aromatic nitrogens is 2. The molecule has 2 aromatic rings. The lowest BCUT2D eigenvalue weighted by atomic mass is 10.1. The van der Waals surface area contributed by atoms with Crippen molar-refractivity contribution in [3.05, 3.63) is 36.5 Å². The number of benzene rings is 1. The summed E-state index contributed by atoms with van der Waals surface area (Å²) >= 11 is 0. The van der Waals surface area contributed by atoms with Gasteiger partial charge in [-0.2, -0.15) is 0 Å². The molecule has 1 aliphatic rings. The molecule has 1 saturated carbocycles. The molecule has 1 N–H and O–H groups in total. The van der Waals surface area contributed by atoms with Crippen LogP contribution < -0.4 is 10.1 Å². The van der Waals surface area contributed by atoms with Crippen LogP contribution in [-0.2, 0) is 0 Å². The summed E-state index contributed by atoms with van der Waals surface area (Å²) in [5.74, 6) is 1.56. The van der Waals surface area contributed by atoms with Gasteiger partial charge in [0.05, 0.1) is 11.8 Å². The zero-order chi connectivity index (χ0) is 12.4. The van der Waals surface area contributed by atoms with Crippen LogP contribution in [-0.4, -0.2) is 23.1 Å². The van der Waals surface area contributed by atoms with Crippen LogP contribution in [0.15, 0.2) is 36.5 Å². The highest BCUT2D eigenvalue weighted by Gasteiger charge is 2.23. The van der Waals surface area contributed by atoms with Gasteiger partial charge in [-0.25, -0.2) is 9.97 Å². The summed E-state index contributed by atoms with van der Waals surface area (Å²) in [6.45, 7) is 0. The molecule has 1 aromatic heterocycles. The van der Waals surface area contributed by atoms with Crippen LogP contribution >= 0.6 is 0 Å². The highest BCUT2D eigenvalue weighted by Crippen LogP contribution is 2.28. The largest absolute Gasteiger partial charge is 0.490 e. The van der Waals surface area contributed by atoms with E-state index in [1.807, 2.05) is 37.4 Å². The maximum Gasteiger partial charge on any atom is 0.222 e. The minimum Gasteiger partial charge on any atom is -0.490 e. The van der Waals surface area contributed by atoms with Crippen molar-refractivity contribution >= 4 is 5.95 Å². The molecule has 0 radical (unpaired) electrons. The van der Waals surface area contributed by atoms with E-state index in [-0.39, 0.29) is 0 Å². The molecule has 3 rings (SSSR count). The van der Waals surface area contributed by atoms with Gasteiger partial charge in [0.2, 0.25) is 5.95 Å². The summed E-state index contributed by atoms with van der Waals surface area (Å²) in [6, 6.07) is 9.94. The molecule has 18 heavy (non-hydrogen) atoms. The predicted molar refractivity (Wildman–Crippen MR) is 70.7 cm³/mol. The van der Waals surface area contributed by atoms with Crippen molar-refractivity contribution in [2.45, 2.75) is 18.9 Å². The quantitative estimate of drug-likeness (QED) is 0.894. The van der Waals surface area contributed by atoms with Gasteiger partial charge in [-0.1, -0.05) is 0 Å². The Balaban J connectivity index is 1.81. The van der Waals surface area contributed by atoms with E-state index in [9.17, 15) is 0 Å². The summed E-state index contributed by atoms with van der Waals surface area (Å²) in [5.41, 5.74) is 1.98. The van der Waals surface area contributed by atoms with Gasteiger partial charge in [0.15, 0.2) is 0 Å². The van der Waals surface area contributed by atoms with Crippen molar-refractivity contribution in [2.75, 3.05) is 12.4 Å². The molecule has 1 heterocycles. The minimum atomic E-state index is 0.436. The number of anilines is 1. The molecule has 0 atom stereocenters. The molecule has 4 heteroatoms. The van der Waals surface area contributed by atoms with Crippen molar-refractivity contribution in [3.8, 4) is 17.0 Å². The molecular formula is C14H15N3O. The Kier molecular flexibility index (Phi) is 2.84. The zero-order valence-electron chi connectivity index (χ0n) is 10.3. The predicted octanol–water partition coefficient (Wildman–Crippen LogP) is 2.73. The lowest BCUT2D eigenvalue weighted by molar-refractivity contribution is 0.303. The molecule has 92 valence electrons. The maximum atomic E-state index is 5.72. The molecular weight excluding hydrogens is 226 g/mol. The van der Waals surface area contributed by atoms with E-state index >= 15 is 0 Å². The third kappa shape index (κ3) is 2.42. The third-order valence-electron chi connectivity index (χ3n) is 2.86. The fourth-order valence-electron chi connectivity index (χ4n) is 1.72. The average molecular weight is 241 g/mol. The second-order valence-electron chi connectivity index (χ2n) is 4.36. The lowest BCUT2D eigenvalue weighted by Gasteiger charge is -2.06. The monoisotopic (exact) mass is 241 g/mol. The maximum absolute atomic E-state index is 5.72. The first-order valence-corrected chi connectivity index (χ1v) is 6.13. The van der Waals surface area contributed by atoms with Gasteiger partial charge < -0.3 is 10.1 Å². The smallest absolute Gasteiger partial charge is 0.222 e. The molecule has 1 aromatic carbocycles. The summed E-state index contributed by atoms with van der Waals surface area (Å²) < 4.78 is 5.72. The highest BCUT2D eigenvalue weighted by atomic mass is 16.5. The highest BCUT2D eigenvalue weighted by molar-refractivity contribution is 5.60. The number of rotatable bonds is 4. The van der Waals surface area contributed by atoms with Crippen LogP contribution in [0.3, 0.4) is 0 Å². The number of nitrogens with zero attached hydrogens (tertiary/aromatic N) is 2. The van der Waals surface area contributed by atoms with E-state index in [0.717, 1.165) is 17.0 Å². The molecule has 0 saturated heterocycles. The van der Waals surface area contributed by atoms with Gasteiger partial charge in [-0.15, -0.1) is 0 Å². The van der Waals surface area contributed by atoms with E-state index < -0.39 is 0 Å². The Morgan fingerprint density at radius 3 is 2.61 bits per heavy atom. The Labute approximate surface area is 106 Å². The summed E-state index contributed by atoms with van der Waals surface area (Å²) in [7, 11) is 1.81. The van der Waals surface area contributed by atoms with E-state index in [1.54, 1.807) is 6.20 Å².